The predicted octanol–water partition coefficient (Wildman–Crippen LogP) is 4.49. The zero-order valence-corrected chi connectivity index (χ0v) is 12.5. The maximum absolute atomic E-state index is 11.3. The molecule has 0 aliphatic rings. The smallest absolute Gasteiger partial charge is 0.161 e. The molecule has 0 heterocycles. The van der Waals surface area contributed by atoms with E-state index in [1.54, 1.807) is 30.3 Å². The van der Waals surface area contributed by atoms with Gasteiger partial charge in [-0.15, -0.1) is 0 Å². The summed E-state index contributed by atoms with van der Waals surface area (Å²) in [5.74, 6) is 1.04. The Kier molecular flexibility index (Phi) is 4.53. The van der Waals surface area contributed by atoms with Crippen LogP contribution >= 0.6 is 23.2 Å². The van der Waals surface area contributed by atoms with Crippen LogP contribution in [0.4, 0.5) is 0 Å². The van der Waals surface area contributed by atoms with Crippen LogP contribution < -0.4 is 9.47 Å². The number of benzene rings is 2. The molecule has 0 spiro atoms. The molecule has 0 bridgehead atoms. The first-order valence-electron chi connectivity index (χ1n) is 5.77. The molecule has 2 rings (SSSR count). The van der Waals surface area contributed by atoms with Gasteiger partial charge in [-0.05, 0) is 35.4 Å². The van der Waals surface area contributed by atoms with E-state index in [0.717, 1.165) is 11.8 Å². The maximum Gasteiger partial charge on any atom is 0.161 e. The lowest BCUT2D eigenvalue weighted by Crippen LogP contribution is -1.95. The first-order valence-corrected chi connectivity index (χ1v) is 6.53. The zero-order valence-electron chi connectivity index (χ0n) is 10.9. The maximum atomic E-state index is 11.3. The number of rotatable bonds is 4. The highest BCUT2D eigenvalue weighted by molar-refractivity contribution is 6.42. The van der Waals surface area contributed by atoms with Crippen molar-refractivity contribution in [1.29, 1.82) is 0 Å². The summed E-state index contributed by atoms with van der Waals surface area (Å²) in [5.41, 5.74) is 1.97. The molecule has 0 unspecified atom stereocenters. The van der Waals surface area contributed by atoms with E-state index in [1.807, 2.05) is 0 Å². The average molecular weight is 311 g/mol. The predicted molar refractivity (Wildman–Crippen MR) is 80.4 cm³/mol. The summed E-state index contributed by atoms with van der Waals surface area (Å²) < 4.78 is 10.4. The van der Waals surface area contributed by atoms with Crippen LogP contribution in [0, 0.1) is 0 Å². The third-order valence-electron chi connectivity index (χ3n) is 2.91. The summed E-state index contributed by atoms with van der Waals surface area (Å²) in [6.45, 7) is 0. The SMILES string of the molecule is COc1cc(C=O)c(-c2ccc(Cl)c(Cl)c2)cc1OC. The molecule has 0 fully saturated rings. The van der Waals surface area contributed by atoms with Crippen LogP contribution in [0.3, 0.4) is 0 Å². The summed E-state index contributed by atoms with van der Waals surface area (Å²) in [5, 5.41) is 0.888. The van der Waals surface area contributed by atoms with E-state index in [1.165, 1.54) is 14.2 Å². The summed E-state index contributed by atoms with van der Waals surface area (Å²) in [6, 6.07) is 8.55. The first-order chi connectivity index (χ1) is 9.60. The third-order valence-corrected chi connectivity index (χ3v) is 3.65. The molecule has 0 saturated heterocycles. The van der Waals surface area contributed by atoms with E-state index in [9.17, 15) is 4.79 Å². The van der Waals surface area contributed by atoms with Gasteiger partial charge in [0.15, 0.2) is 17.8 Å². The minimum absolute atomic E-state index is 0.427. The van der Waals surface area contributed by atoms with Gasteiger partial charge < -0.3 is 9.47 Å². The van der Waals surface area contributed by atoms with E-state index in [-0.39, 0.29) is 0 Å². The summed E-state index contributed by atoms with van der Waals surface area (Å²) >= 11 is 11.9. The van der Waals surface area contributed by atoms with Crippen molar-refractivity contribution in [3.8, 4) is 22.6 Å². The van der Waals surface area contributed by atoms with Crippen LogP contribution in [0.15, 0.2) is 30.3 Å². The Morgan fingerprint density at radius 3 is 2.15 bits per heavy atom. The van der Waals surface area contributed by atoms with Crippen LogP contribution in [-0.2, 0) is 0 Å². The highest BCUT2D eigenvalue weighted by Gasteiger charge is 2.13. The summed E-state index contributed by atoms with van der Waals surface area (Å²) in [7, 11) is 3.06. The van der Waals surface area contributed by atoms with Gasteiger partial charge in [0, 0.05) is 5.56 Å². The van der Waals surface area contributed by atoms with Gasteiger partial charge in [-0.25, -0.2) is 0 Å². The Hall–Kier alpha value is -1.71. The topological polar surface area (TPSA) is 35.5 Å². The second-order valence-electron chi connectivity index (χ2n) is 4.04. The van der Waals surface area contributed by atoms with Crippen molar-refractivity contribution in [3.05, 3.63) is 45.9 Å². The number of hydrogen-bond acceptors (Lipinski definition) is 3. The fourth-order valence-electron chi connectivity index (χ4n) is 1.91. The van der Waals surface area contributed by atoms with Crippen molar-refractivity contribution in [1.82, 2.24) is 0 Å². The van der Waals surface area contributed by atoms with Gasteiger partial charge in [0.25, 0.3) is 0 Å². The molecule has 3 nitrogen and oxygen atoms in total. The molecule has 0 atom stereocenters. The molecule has 2 aromatic carbocycles. The van der Waals surface area contributed by atoms with Gasteiger partial charge in [-0.1, -0.05) is 29.3 Å². The lowest BCUT2D eigenvalue weighted by Gasteiger charge is -2.12. The van der Waals surface area contributed by atoms with E-state index in [4.69, 9.17) is 32.7 Å². The Morgan fingerprint density at radius 1 is 0.950 bits per heavy atom. The quantitative estimate of drug-likeness (QED) is 0.780. The standard InChI is InChI=1S/C15H12Cl2O3/c1-19-14-6-10(8-18)11(7-15(14)20-2)9-3-4-12(16)13(17)5-9/h3-8H,1-2H3. The summed E-state index contributed by atoms with van der Waals surface area (Å²) in [4.78, 5) is 11.3. The molecule has 0 aromatic heterocycles. The van der Waals surface area contributed by atoms with Gasteiger partial charge in [-0.2, -0.15) is 0 Å². The molecule has 0 radical (unpaired) electrons. The van der Waals surface area contributed by atoms with Gasteiger partial charge in [0.1, 0.15) is 0 Å². The molecule has 0 saturated carbocycles. The fraction of sp³-hybridized carbons (Fsp3) is 0.133. The molecule has 2 aromatic rings. The molecule has 0 amide bonds. The Bertz CT molecular complexity index is 654. The van der Waals surface area contributed by atoms with E-state index < -0.39 is 0 Å². The van der Waals surface area contributed by atoms with Crippen LogP contribution in [0.2, 0.25) is 10.0 Å². The van der Waals surface area contributed by atoms with Crippen LogP contribution in [0.25, 0.3) is 11.1 Å². The lowest BCUT2D eigenvalue weighted by molar-refractivity contribution is 0.112. The third kappa shape index (κ3) is 2.74. The molecule has 0 aliphatic heterocycles. The monoisotopic (exact) mass is 310 g/mol. The number of hydrogen-bond donors (Lipinski definition) is 0. The second kappa shape index (κ2) is 6.16. The van der Waals surface area contributed by atoms with Crippen LogP contribution in [-0.4, -0.2) is 20.5 Å². The van der Waals surface area contributed by atoms with Crippen molar-refractivity contribution in [2.45, 2.75) is 0 Å². The zero-order chi connectivity index (χ0) is 14.7. The number of ether oxygens (including phenoxy) is 2. The molecule has 20 heavy (non-hydrogen) atoms. The largest absolute Gasteiger partial charge is 0.493 e. The lowest BCUT2D eigenvalue weighted by atomic mass is 9.99. The van der Waals surface area contributed by atoms with Crippen molar-refractivity contribution in [3.63, 3.8) is 0 Å². The summed E-state index contributed by atoms with van der Waals surface area (Å²) in [6.07, 6.45) is 0.764. The van der Waals surface area contributed by atoms with Crippen LogP contribution in [0.5, 0.6) is 11.5 Å². The van der Waals surface area contributed by atoms with E-state index in [2.05, 4.69) is 0 Å². The Morgan fingerprint density at radius 2 is 1.60 bits per heavy atom. The molecular weight excluding hydrogens is 299 g/mol. The first kappa shape index (κ1) is 14.7. The van der Waals surface area contributed by atoms with E-state index in [0.29, 0.717) is 32.7 Å². The van der Waals surface area contributed by atoms with Gasteiger partial charge in [0.05, 0.1) is 24.3 Å². The number of carbonyl (C=O) groups excluding carboxylic acids is 1. The van der Waals surface area contributed by atoms with Gasteiger partial charge >= 0.3 is 0 Å². The Balaban J connectivity index is 2.65. The minimum Gasteiger partial charge on any atom is -0.493 e. The van der Waals surface area contributed by atoms with Crippen molar-refractivity contribution in [2.75, 3.05) is 14.2 Å². The molecule has 5 heteroatoms. The molecule has 0 aliphatic carbocycles. The average Bonchev–Trinajstić information content (AvgIpc) is 2.48. The van der Waals surface area contributed by atoms with Crippen molar-refractivity contribution in [2.24, 2.45) is 0 Å². The molecule has 0 N–H and O–H groups in total. The highest BCUT2D eigenvalue weighted by atomic mass is 35.5. The molecular formula is C15H12Cl2O3. The van der Waals surface area contributed by atoms with Crippen molar-refractivity contribution < 1.29 is 14.3 Å². The Labute approximate surface area is 127 Å². The number of aldehydes is 1. The normalized spacial score (nSPS) is 10.2. The van der Waals surface area contributed by atoms with Gasteiger partial charge in [-0.3, -0.25) is 4.79 Å². The highest BCUT2D eigenvalue weighted by Crippen LogP contribution is 2.36. The number of carbonyl (C=O) groups is 1. The minimum atomic E-state index is 0.427. The van der Waals surface area contributed by atoms with Gasteiger partial charge in [0.2, 0.25) is 0 Å². The molecule has 104 valence electrons. The van der Waals surface area contributed by atoms with Crippen molar-refractivity contribution >= 4 is 29.5 Å². The van der Waals surface area contributed by atoms with E-state index >= 15 is 0 Å². The second-order valence-corrected chi connectivity index (χ2v) is 4.86. The fourth-order valence-corrected chi connectivity index (χ4v) is 2.20. The number of halogens is 2. The number of methoxy groups -OCH3 is 2. The van der Waals surface area contributed by atoms with Crippen LogP contribution in [0.1, 0.15) is 10.4 Å².